The molecule has 0 spiro atoms. The Kier molecular flexibility index (Phi) is 8.57. The molecular formula is C41H43NO2. The van der Waals surface area contributed by atoms with E-state index in [0.29, 0.717) is 5.92 Å². The summed E-state index contributed by atoms with van der Waals surface area (Å²) >= 11 is 0. The predicted molar refractivity (Wildman–Crippen MR) is 185 cm³/mol. The number of methoxy groups -OCH3 is 2. The number of ether oxygens (including phenoxy) is 2. The monoisotopic (exact) mass is 581 g/mol. The number of hydrogen-bond donors (Lipinski definition) is 0. The van der Waals surface area contributed by atoms with Gasteiger partial charge in [0, 0.05) is 12.4 Å². The molecule has 0 radical (unpaired) electrons. The number of nitrogens with zero attached hydrogens (tertiary/aromatic N) is 1. The van der Waals surface area contributed by atoms with Crippen LogP contribution in [0.25, 0.3) is 32.3 Å². The molecule has 0 fully saturated rings. The van der Waals surface area contributed by atoms with Crippen LogP contribution in [-0.4, -0.2) is 19.2 Å². The Labute approximate surface area is 261 Å². The Balaban J connectivity index is 0.000000289. The Hall–Kier alpha value is -4.37. The first-order valence-corrected chi connectivity index (χ1v) is 15.8. The van der Waals surface area contributed by atoms with Crippen LogP contribution in [0.4, 0.5) is 0 Å². The summed E-state index contributed by atoms with van der Waals surface area (Å²) in [4.78, 5) is 4.01. The molecule has 3 nitrogen and oxygen atoms in total. The number of hydrogen-bond acceptors (Lipinski definition) is 3. The average Bonchev–Trinajstić information content (AvgIpc) is 3.06. The molecule has 0 saturated heterocycles. The third-order valence-electron chi connectivity index (χ3n) is 9.24. The minimum absolute atomic E-state index is 0.205. The van der Waals surface area contributed by atoms with E-state index in [1.54, 1.807) is 14.2 Å². The molecule has 0 aliphatic heterocycles. The summed E-state index contributed by atoms with van der Waals surface area (Å²) < 4.78 is 11.5. The number of pyridine rings is 1. The zero-order valence-corrected chi connectivity index (χ0v) is 26.7. The van der Waals surface area contributed by atoms with Gasteiger partial charge in [0.15, 0.2) is 0 Å². The van der Waals surface area contributed by atoms with Crippen LogP contribution < -0.4 is 9.47 Å². The maximum atomic E-state index is 5.85. The molecule has 5 aromatic carbocycles. The lowest BCUT2D eigenvalue weighted by atomic mass is 9.77. The highest BCUT2D eigenvalue weighted by Crippen LogP contribution is 2.44. The van der Waals surface area contributed by atoms with E-state index < -0.39 is 0 Å². The van der Waals surface area contributed by atoms with Gasteiger partial charge in [-0.15, -0.1) is 0 Å². The van der Waals surface area contributed by atoms with Gasteiger partial charge in [-0.2, -0.15) is 0 Å². The van der Waals surface area contributed by atoms with Gasteiger partial charge in [0.25, 0.3) is 0 Å². The van der Waals surface area contributed by atoms with Gasteiger partial charge in [0.2, 0.25) is 0 Å². The normalized spacial score (nSPS) is 14.6. The minimum Gasteiger partial charge on any atom is -0.496 e. The SMILES string of the molecule is COc1cccc2c1c(OC)cc1c3c(ccc12)C(CCc1ccc(C(C)(C)C)cc1)CCC3.c1ccc2cnccc2c1. The van der Waals surface area contributed by atoms with Gasteiger partial charge in [0.05, 0.1) is 19.6 Å². The van der Waals surface area contributed by atoms with Gasteiger partial charge in [-0.25, -0.2) is 0 Å². The third-order valence-corrected chi connectivity index (χ3v) is 9.24. The first-order chi connectivity index (χ1) is 21.4. The lowest BCUT2D eigenvalue weighted by Crippen LogP contribution is -2.12. The van der Waals surface area contributed by atoms with E-state index in [-0.39, 0.29) is 5.41 Å². The van der Waals surface area contributed by atoms with Crippen molar-refractivity contribution in [1.82, 2.24) is 4.98 Å². The molecule has 0 amide bonds. The van der Waals surface area contributed by atoms with Crippen LogP contribution in [0.1, 0.15) is 68.2 Å². The van der Waals surface area contributed by atoms with Crippen LogP contribution in [0.15, 0.2) is 103 Å². The molecule has 44 heavy (non-hydrogen) atoms. The van der Waals surface area contributed by atoms with Crippen molar-refractivity contribution in [3.05, 3.63) is 126 Å². The lowest BCUT2D eigenvalue weighted by molar-refractivity contribution is 0.405. The van der Waals surface area contributed by atoms with E-state index in [2.05, 4.69) is 92.5 Å². The molecule has 0 N–H and O–H groups in total. The second-order valence-electron chi connectivity index (χ2n) is 13.0. The molecule has 1 aliphatic carbocycles. The van der Waals surface area contributed by atoms with Gasteiger partial charge in [-0.05, 0) is 111 Å². The highest BCUT2D eigenvalue weighted by Gasteiger charge is 2.24. The maximum absolute atomic E-state index is 5.85. The molecule has 1 unspecified atom stereocenters. The van der Waals surface area contributed by atoms with E-state index in [9.17, 15) is 0 Å². The van der Waals surface area contributed by atoms with E-state index in [1.807, 2.05) is 36.7 Å². The zero-order chi connectivity index (χ0) is 30.7. The number of benzene rings is 5. The van der Waals surface area contributed by atoms with E-state index in [1.165, 1.54) is 68.4 Å². The van der Waals surface area contributed by atoms with Crippen molar-refractivity contribution in [2.75, 3.05) is 14.2 Å². The van der Waals surface area contributed by atoms with Gasteiger partial charge in [0.1, 0.15) is 11.5 Å². The number of rotatable bonds is 5. The average molecular weight is 582 g/mol. The Morgan fingerprint density at radius 1 is 0.750 bits per heavy atom. The van der Waals surface area contributed by atoms with E-state index in [0.717, 1.165) is 29.7 Å². The van der Waals surface area contributed by atoms with Crippen molar-refractivity contribution in [3.8, 4) is 11.5 Å². The van der Waals surface area contributed by atoms with Crippen LogP contribution in [-0.2, 0) is 18.3 Å². The molecular weight excluding hydrogens is 538 g/mol. The molecule has 0 bridgehead atoms. The predicted octanol–water partition coefficient (Wildman–Crippen LogP) is 10.6. The fraction of sp³-hybridized carbons (Fsp3) is 0.293. The summed E-state index contributed by atoms with van der Waals surface area (Å²) in [6.45, 7) is 6.83. The van der Waals surface area contributed by atoms with Crippen LogP contribution in [0.5, 0.6) is 11.5 Å². The summed E-state index contributed by atoms with van der Waals surface area (Å²) in [5.41, 5.74) is 6.11. The molecule has 7 rings (SSSR count). The van der Waals surface area contributed by atoms with E-state index >= 15 is 0 Å². The Morgan fingerprint density at radius 2 is 1.52 bits per heavy atom. The molecule has 1 aliphatic rings. The number of fused-ring (bicyclic) bond motifs is 6. The summed E-state index contributed by atoms with van der Waals surface area (Å²) in [6.07, 6.45) is 9.67. The van der Waals surface area contributed by atoms with Crippen molar-refractivity contribution < 1.29 is 9.47 Å². The largest absolute Gasteiger partial charge is 0.496 e. The molecule has 224 valence electrons. The van der Waals surface area contributed by atoms with Gasteiger partial charge >= 0.3 is 0 Å². The maximum Gasteiger partial charge on any atom is 0.131 e. The Morgan fingerprint density at radius 3 is 2.25 bits per heavy atom. The zero-order valence-electron chi connectivity index (χ0n) is 26.7. The van der Waals surface area contributed by atoms with Crippen LogP contribution >= 0.6 is 0 Å². The van der Waals surface area contributed by atoms with Crippen LogP contribution in [0.2, 0.25) is 0 Å². The minimum atomic E-state index is 0.205. The van der Waals surface area contributed by atoms with Crippen molar-refractivity contribution >= 4 is 32.3 Å². The first-order valence-electron chi connectivity index (χ1n) is 15.8. The number of aromatic nitrogens is 1. The number of aryl methyl sites for hydroxylation is 2. The van der Waals surface area contributed by atoms with Crippen molar-refractivity contribution in [1.29, 1.82) is 0 Å². The molecule has 3 heteroatoms. The molecule has 0 saturated carbocycles. The van der Waals surface area contributed by atoms with Crippen molar-refractivity contribution in [2.45, 2.75) is 64.2 Å². The molecule has 1 aromatic heterocycles. The molecule has 1 heterocycles. The summed E-state index contributed by atoms with van der Waals surface area (Å²) in [5, 5.41) is 7.35. The first kappa shape index (κ1) is 29.7. The standard InChI is InChI=1S/C32H36O2.C9H7N/c1-32(2,3)23-16-13-21(14-17-23)12-15-22-8-6-9-25-24(22)18-19-26-27-10-7-11-29(33-4)31(27)30(34-5)20-28(25)26;1-2-4-9-7-10-6-5-8(9)3-1/h7,10-11,13-14,16-20,22H,6,8-9,12,15H2,1-5H3;1-7H. The quantitative estimate of drug-likeness (QED) is 0.190. The summed E-state index contributed by atoms with van der Waals surface area (Å²) in [7, 11) is 3.49. The lowest BCUT2D eigenvalue weighted by Gasteiger charge is -2.28. The van der Waals surface area contributed by atoms with Gasteiger partial charge in [-0.1, -0.05) is 93.6 Å². The molecule has 1 atom stereocenters. The Bertz CT molecular complexity index is 1830. The van der Waals surface area contributed by atoms with Crippen LogP contribution in [0.3, 0.4) is 0 Å². The third kappa shape index (κ3) is 6.01. The van der Waals surface area contributed by atoms with Crippen LogP contribution in [0, 0.1) is 0 Å². The summed E-state index contributed by atoms with van der Waals surface area (Å²) in [5.74, 6) is 2.38. The topological polar surface area (TPSA) is 31.4 Å². The van der Waals surface area contributed by atoms with Crippen molar-refractivity contribution in [3.63, 3.8) is 0 Å². The fourth-order valence-electron chi connectivity index (χ4n) is 6.81. The second kappa shape index (κ2) is 12.7. The highest BCUT2D eigenvalue weighted by atomic mass is 16.5. The van der Waals surface area contributed by atoms with E-state index in [4.69, 9.17) is 9.47 Å². The van der Waals surface area contributed by atoms with Crippen molar-refractivity contribution in [2.24, 2.45) is 0 Å². The summed E-state index contributed by atoms with van der Waals surface area (Å²) in [6, 6.07) is 32.7. The van der Waals surface area contributed by atoms with Gasteiger partial charge in [-0.3, -0.25) is 4.98 Å². The molecule has 6 aromatic rings. The van der Waals surface area contributed by atoms with Gasteiger partial charge < -0.3 is 9.47 Å². The highest BCUT2D eigenvalue weighted by molar-refractivity contribution is 6.13. The smallest absolute Gasteiger partial charge is 0.131 e. The fourth-order valence-corrected chi connectivity index (χ4v) is 6.81. The second-order valence-corrected chi connectivity index (χ2v) is 13.0.